The van der Waals surface area contributed by atoms with E-state index in [1.807, 2.05) is 12.1 Å². The molecule has 6 nitrogen and oxygen atoms in total. The van der Waals surface area contributed by atoms with Crippen LogP contribution in [-0.2, 0) is 12.8 Å². The predicted octanol–water partition coefficient (Wildman–Crippen LogP) is 3.45. The number of carbonyl (C=O) groups excluding carboxylic acids is 1. The molecule has 0 atom stereocenters. The van der Waals surface area contributed by atoms with E-state index in [4.69, 9.17) is 10.3 Å². The number of nitrogens with two attached hydrogens (primary N) is 1. The Hall–Kier alpha value is -3.15. The van der Waals surface area contributed by atoms with Crippen LogP contribution in [0.1, 0.15) is 34.3 Å². The molecule has 2 aromatic heterocycles. The lowest BCUT2D eigenvalue weighted by Crippen LogP contribution is -2.16. The van der Waals surface area contributed by atoms with E-state index in [1.165, 1.54) is 17.5 Å². The van der Waals surface area contributed by atoms with E-state index in [-0.39, 0.29) is 17.4 Å². The van der Waals surface area contributed by atoms with E-state index in [2.05, 4.69) is 21.5 Å². The van der Waals surface area contributed by atoms with Crippen molar-refractivity contribution >= 4 is 17.5 Å². The fourth-order valence-electron chi connectivity index (χ4n) is 3.31. The lowest BCUT2D eigenvalue weighted by molar-refractivity contribution is 0.102. The van der Waals surface area contributed by atoms with Crippen LogP contribution in [0.4, 0.5) is 11.6 Å². The molecule has 126 valence electrons. The van der Waals surface area contributed by atoms with Crippen molar-refractivity contribution in [3.05, 3.63) is 59.4 Å². The topological polar surface area (TPSA) is 94.0 Å². The van der Waals surface area contributed by atoms with Gasteiger partial charge >= 0.3 is 0 Å². The van der Waals surface area contributed by atoms with E-state index in [9.17, 15) is 4.79 Å². The highest BCUT2D eigenvalue weighted by atomic mass is 16.5. The summed E-state index contributed by atoms with van der Waals surface area (Å²) >= 11 is 0. The Bertz CT molecular complexity index is 918. The second-order valence-corrected chi connectivity index (χ2v) is 6.11. The van der Waals surface area contributed by atoms with Crippen molar-refractivity contribution in [1.29, 1.82) is 0 Å². The normalized spacial score (nSPS) is 13.3. The molecule has 1 aliphatic rings. The van der Waals surface area contributed by atoms with Gasteiger partial charge in [0.2, 0.25) is 5.88 Å². The monoisotopic (exact) mass is 334 g/mol. The van der Waals surface area contributed by atoms with Gasteiger partial charge in [0.25, 0.3) is 5.91 Å². The van der Waals surface area contributed by atoms with Crippen LogP contribution in [0.2, 0.25) is 0 Å². The predicted molar refractivity (Wildman–Crippen MR) is 95.2 cm³/mol. The molecule has 2 heterocycles. The van der Waals surface area contributed by atoms with E-state index < -0.39 is 0 Å². The number of anilines is 2. The molecule has 1 aromatic carbocycles. The zero-order chi connectivity index (χ0) is 17.2. The van der Waals surface area contributed by atoms with Crippen LogP contribution in [0.25, 0.3) is 11.3 Å². The van der Waals surface area contributed by atoms with Gasteiger partial charge < -0.3 is 15.6 Å². The third-order valence-corrected chi connectivity index (χ3v) is 4.54. The van der Waals surface area contributed by atoms with Gasteiger partial charge in [0.1, 0.15) is 11.3 Å². The molecule has 3 N–H and O–H groups in total. The number of nitrogen functional groups attached to an aromatic ring is 1. The fraction of sp³-hybridized carbons (Fsp3) is 0.211. The summed E-state index contributed by atoms with van der Waals surface area (Å²) in [5, 5.41) is 6.94. The minimum atomic E-state index is -0.315. The van der Waals surface area contributed by atoms with E-state index in [0.717, 1.165) is 30.5 Å². The molecule has 1 aliphatic carbocycles. The quantitative estimate of drug-likeness (QED) is 0.765. The van der Waals surface area contributed by atoms with Crippen LogP contribution < -0.4 is 11.1 Å². The number of aromatic nitrogens is 2. The van der Waals surface area contributed by atoms with Crippen molar-refractivity contribution in [1.82, 2.24) is 10.1 Å². The SMILES string of the molecule is Nc1onc(-c2ccncc2)c1C(=O)Nc1cccc2c1CCCC2. The summed E-state index contributed by atoms with van der Waals surface area (Å²) in [4.78, 5) is 16.8. The van der Waals surface area contributed by atoms with Gasteiger partial charge in [-0.15, -0.1) is 0 Å². The maximum atomic E-state index is 12.9. The van der Waals surface area contributed by atoms with Gasteiger partial charge in [-0.1, -0.05) is 17.3 Å². The molecule has 0 aliphatic heterocycles. The summed E-state index contributed by atoms with van der Waals surface area (Å²) < 4.78 is 5.07. The average molecular weight is 334 g/mol. The number of fused-ring (bicyclic) bond motifs is 1. The molecule has 0 unspecified atom stereocenters. The summed E-state index contributed by atoms with van der Waals surface area (Å²) in [6.07, 6.45) is 7.62. The highest BCUT2D eigenvalue weighted by Crippen LogP contribution is 2.31. The second-order valence-electron chi connectivity index (χ2n) is 6.11. The molecule has 0 bridgehead atoms. The van der Waals surface area contributed by atoms with Gasteiger partial charge in [0, 0.05) is 23.6 Å². The van der Waals surface area contributed by atoms with Crippen LogP contribution in [0, 0.1) is 0 Å². The van der Waals surface area contributed by atoms with Crippen molar-refractivity contribution in [2.24, 2.45) is 0 Å². The molecule has 4 rings (SSSR count). The minimum Gasteiger partial charge on any atom is -0.367 e. The molecule has 0 radical (unpaired) electrons. The molecule has 6 heteroatoms. The summed E-state index contributed by atoms with van der Waals surface area (Å²) in [5.41, 5.74) is 10.6. The number of aryl methyl sites for hydroxylation is 1. The standard InChI is InChI=1S/C19H18N4O2/c20-18-16(17(23-25-18)13-8-10-21-11-9-13)19(24)22-15-7-3-5-12-4-1-2-6-14(12)15/h3,5,7-11H,1-2,4,6,20H2,(H,22,24). The van der Waals surface area contributed by atoms with Gasteiger partial charge in [-0.3, -0.25) is 9.78 Å². The Labute approximate surface area is 145 Å². The smallest absolute Gasteiger partial charge is 0.263 e. The van der Waals surface area contributed by atoms with Crippen LogP contribution >= 0.6 is 0 Å². The first kappa shape index (κ1) is 15.4. The number of amides is 1. The van der Waals surface area contributed by atoms with Gasteiger partial charge in [-0.25, -0.2) is 0 Å². The number of nitrogens with zero attached hydrogens (tertiary/aromatic N) is 2. The minimum absolute atomic E-state index is 0.00844. The van der Waals surface area contributed by atoms with Crippen LogP contribution in [0.15, 0.2) is 47.2 Å². The summed E-state index contributed by atoms with van der Waals surface area (Å²) in [5.74, 6) is -0.307. The van der Waals surface area contributed by atoms with Crippen LogP contribution in [0.5, 0.6) is 0 Å². The average Bonchev–Trinajstić information content (AvgIpc) is 3.04. The molecule has 3 aromatic rings. The van der Waals surface area contributed by atoms with Gasteiger partial charge in [-0.2, -0.15) is 0 Å². The van der Waals surface area contributed by atoms with Crippen molar-refractivity contribution in [3.8, 4) is 11.3 Å². The van der Waals surface area contributed by atoms with E-state index >= 15 is 0 Å². The Morgan fingerprint density at radius 1 is 1.12 bits per heavy atom. The molecular formula is C19H18N4O2. The van der Waals surface area contributed by atoms with E-state index in [1.54, 1.807) is 24.5 Å². The maximum absolute atomic E-state index is 12.9. The number of hydrogen-bond acceptors (Lipinski definition) is 5. The second kappa shape index (κ2) is 6.39. The Kier molecular flexibility index (Phi) is 3.93. The molecule has 0 saturated heterocycles. The molecule has 25 heavy (non-hydrogen) atoms. The van der Waals surface area contributed by atoms with Gasteiger partial charge in [0.15, 0.2) is 0 Å². The molecule has 1 amide bonds. The summed E-state index contributed by atoms with van der Waals surface area (Å²) in [6, 6.07) is 9.55. The first-order valence-corrected chi connectivity index (χ1v) is 8.31. The highest BCUT2D eigenvalue weighted by molar-refractivity contribution is 6.11. The van der Waals surface area contributed by atoms with Crippen LogP contribution in [0.3, 0.4) is 0 Å². The fourth-order valence-corrected chi connectivity index (χ4v) is 3.31. The maximum Gasteiger partial charge on any atom is 0.263 e. The third kappa shape index (κ3) is 2.87. The number of nitrogens with one attached hydrogen (secondary N) is 1. The van der Waals surface area contributed by atoms with E-state index in [0.29, 0.717) is 5.69 Å². The first-order valence-electron chi connectivity index (χ1n) is 8.31. The van der Waals surface area contributed by atoms with Gasteiger partial charge in [-0.05, 0) is 55.0 Å². The molecule has 0 spiro atoms. The summed E-state index contributed by atoms with van der Waals surface area (Å²) in [7, 11) is 0. The van der Waals surface area contributed by atoms with Crippen molar-refractivity contribution in [2.45, 2.75) is 25.7 Å². The zero-order valence-corrected chi connectivity index (χ0v) is 13.7. The van der Waals surface area contributed by atoms with Crippen molar-refractivity contribution in [2.75, 3.05) is 11.1 Å². The number of rotatable bonds is 3. The first-order chi connectivity index (χ1) is 12.2. The van der Waals surface area contributed by atoms with Crippen molar-refractivity contribution in [3.63, 3.8) is 0 Å². The lowest BCUT2D eigenvalue weighted by atomic mass is 9.90. The van der Waals surface area contributed by atoms with Crippen LogP contribution in [-0.4, -0.2) is 16.0 Å². The molecular weight excluding hydrogens is 316 g/mol. The number of carbonyl (C=O) groups is 1. The third-order valence-electron chi connectivity index (χ3n) is 4.54. The number of pyridine rings is 1. The summed E-state index contributed by atoms with van der Waals surface area (Å²) in [6.45, 7) is 0. The lowest BCUT2D eigenvalue weighted by Gasteiger charge is -2.19. The molecule has 0 fully saturated rings. The molecule has 0 saturated carbocycles. The largest absolute Gasteiger partial charge is 0.367 e. The number of hydrogen-bond donors (Lipinski definition) is 2. The van der Waals surface area contributed by atoms with Gasteiger partial charge in [0.05, 0.1) is 0 Å². The Morgan fingerprint density at radius 2 is 1.92 bits per heavy atom. The Balaban J connectivity index is 1.68. The zero-order valence-electron chi connectivity index (χ0n) is 13.7. The van der Waals surface area contributed by atoms with Crippen molar-refractivity contribution < 1.29 is 9.32 Å². The Morgan fingerprint density at radius 3 is 2.76 bits per heavy atom. The number of benzene rings is 1. The highest BCUT2D eigenvalue weighted by Gasteiger charge is 2.24.